The van der Waals surface area contributed by atoms with Gasteiger partial charge in [0.2, 0.25) is 0 Å². The quantitative estimate of drug-likeness (QED) is 0.720. The molecule has 1 fully saturated rings. The smallest absolute Gasteiger partial charge is 0.000750 e. The molecule has 1 aliphatic heterocycles. The highest BCUT2D eigenvalue weighted by molar-refractivity contribution is 4.76. The van der Waals surface area contributed by atoms with Gasteiger partial charge >= 0.3 is 0 Å². The summed E-state index contributed by atoms with van der Waals surface area (Å²) < 4.78 is 0. The summed E-state index contributed by atoms with van der Waals surface area (Å²) in [6.07, 6.45) is 2.61. The van der Waals surface area contributed by atoms with Crippen LogP contribution >= 0.6 is 0 Å². The molecule has 2 N–H and O–H groups in total. The Morgan fingerprint density at radius 3 is 2.62 bits per heavy atom. The minimum Gasteiger partial charge on any atom is -0.330 e. The first-order chi connectivity index (χ1) is 6.03. The van der Waals surface area contributed by atoms with Crippen molar-refractivity contribution >= 4 is 0 Å². The van der Waals surface area contributed by atoms with E-state index in [0.717, 1.165) is 12.5 Å². The number of hydrogen-bond donors (Lipinski definition) is 1. The summed E-state index contributed by atoms with van der Waals surface area (Å²) in [7, 11) is 0. The highest BCUT2D eigenvalue weighted by Gasteiger charge is 2.21. The summed E-state index contributed by atoms with van der Waals surface area (Å²) in [6.45, 7) is 11.5. The molecule has 13 heavy (non-hydrogen) atoms. The zero-order valence-electron chi connectivity index (χ0n) is 9.34. The highest BCUT2D eigenvalue weighted by Crippen LogP contribution is 2.21. The average molecular weight is 184 g/mol. The van der Waals surface area contributed by atoms with Crippen LogP contribution in [0.5, 0.6) is 0 Å². The summed E-state index contributed by atoms with van der Waals surface area (Å²) in [5, 5.41) is 0. The van der Waals surface area contributed by atoms with Gasteiger partial charge < -0.3 is 10.6 Å². The molecule has 0 radical (unpaired) electrons. The minimum absolute atomic E-state index is 0.325. The van der Waals surface area contributed by atoms with Crippen molar-refractivity contribution in [2.45, 2.75) is 33.6 Å². The lowest BCUT2D eigenvalue weighted by Gasteiger charge is -2.25. The van der Waals surface area contributed by atoms with Gasteiger partial charge in [0.15, 0.2) is 0 Å². The van der Waals surface area contributed by atoms with E-state index in [4.69, 9.17) is 5.73 Å². The number of rotatable bonds is 4. The third kappa shape index (κ3) is 3.65. The highest BCUT2D eigenvalue weighted by atomic mass is 15.1. The van der Waals surface area contributed by atoms with Gasteiger partial charge in [-0.2, -0.15) is 0 Å². The molecule has 2 heteroatoms. The van der Waals surface area contributed by atoms with Gasteiger partial charge in [0.05, 0.1) is 0 Å². The van der Waals surface area contributed by atoms with Gasteiger partial charge in [0.1, 0.15) is 0 Å². The second-order valence-electron chi connectivity index (χ2n) is 5.31. The fourth-order valence-corrected chi connectivity index (χ4v) is 1.79. The molecule has 0 bridgehead atoms. The SMILES string of the molecule is CC1CCN(CCC(C)(C)CN)C1. The second-order valence-corrected chi connectivity index (χ2v) is 5.31. The molecule has 1 heterocycles. The molecule has 1 rings (SSSR count). The van der Waals surface area contributed by atoms with Crippen LogP contribution in [0.3, 0.4) is 0 Å². The molecule has 1 unspecified atom stereocenters. The van der Waals surface area contributed by atoms with E-state index < -0.39 is 0 Å². The van der Waals surface area contributed by atoms with Crippen LogP contribution in [-0.4, -0.2) is 31.1 Å². The number of hydrogen-bond acceptors (Lipinski definition) is 2. The molecule has 0 saturated carbocycles. The van der Waals surface area contributed by atoms with Gasteiger partial charge in [0.25, 0.3) is 0 Å². The van der Waals surface area contributed by atoms with E-state index >= 15 is 0 Å². The van der Waals surface area contributed by atoms with E-state index in [9.17, 15) is 0 Å². The van der Waals surface area contributed by atoms with Crippen LogP contribution < -0.4 is 5.73 Å². The molecule has 0 aromatic rings. The van der Waals surface area contributed by atoms with Crippen LogP contribution in [0.15, 0.2) is 0 Å². The van der Waals surface area contributed by atoms with E-state index in [2.05, 4.69) is 25.7 Å². The van der Waals surface area contributed by atoms with Gasteiger partial charge in [-0.3, -0.25) is 0 Å². The van der Waals surface area contributed by atoms with Crippen LogP contribution in [-0.2, 0) is 0 Å². The third-order valence-corrected chi connectivity index (χ3v) is 3.17. The van der Waals surface area contributed by atoms with Crippen molar-refractivity contribution in [3.05, 3.63) is 0 Å². The van der Waals surface area contributed by atoms with E-state index in [1.54, 1.807) is 0 Å². The molecule has 1 atom stereocenters. The zero-order chi connectivity index (χ0) is 9.90. The van der Waals surface area contributed by atoms with Crippen LogP contribution in [0, 0.1) is 11.3 Å². The first kappa shape index (κ1) is 11.0. The normalized spacial score (nSPS) is 25.4. The summed E-state index contributed by atoms with van der Waals surface area (Å²) in [5.41, 5.74) is 6.03. The van der Waals surface area contributed by atoms with E-state index in [1.807, 2.05) is 0 Å². The van der Waals surface area contributed by atoms with Crippen molar-refractivity contribution in [2.24, 2.45) is 17.1 Å². The molecule has 1 saturated heterocycles. The minimum atomic E-state index is 0.325. The summed E-state index contributed by atoms with van der Waals surface area (Å²) in [6, 6.07) is 0. The van der Waals surface area contributed by atoms with E-state index in [1.165, 1.54) is 32.5 Å². The Morgan fingerprint density at radius 1 is 1.46 bits per heavy atom. The molecule has 0 spiro atoms. The van der Waals surface area contributed by atoms with Crippen molar-refractivity contribution < 1.29 is 0 Å². The Bertz CT molecular complexity index is 154. The average Bonchev–Trinajstić information content (AvgIpc) is 2.48. The molecule has 0 aromatic carbocycles. The lowest BCUT2D eigenvalue weighted by molar-refractivity contribution is 0.250. The Balaban J connectivity index is 2.19. The fraction of sp³-hybridized carbons (Fsp3) is 1.00. The van der Waals surface area contributed by atoms with Gasteiger partial charge in [-0.1, -0.05) is 20.8 Å². The Kier molecular flexibility index (Phi) is 3.74. The van der Waals surface area contributed by atoms with Crippen molar-refractivity contribution in [3.63, 3.8) is 0 Å². The zero-order valence-corrected chi connectivity index (χ0v) is 9.34. The van der Waals surface area contributed by atoms with E-state index in [-0.39, 0.29) is 0 Å². The lowest BCUT2D eigenvalue weighted by atomic mass is 9.89. The molecule has 1 aliphatic rings. The molecule has 0 amide bonds. The lowest BCUT2D eigenvalue weighted by Crippen LogP contribution is -2.30. The molecular weight excluding hydrogens is 160 g/mol. The summed E-state index contributed by atoms with van der Waals surface area (Å²) in [5.74, 6) is 0.904. The summed E-state index contributed by atoms with van der Waals surface area (Å²) >= 11 is 0. The molecule has 0 aliphatic carbocycles. The maximum Gasteiger partial charge on any atom is 0.000750 e. The van der Waals surface area contributed by atoms with E-state index in [0.29, 0.717) is 5.41 Å². The third-order valence-electron chi connectivity index (χ3n) is 3.17. The standard InChI is InChI=1S/C11H24N2/c1-10-4-6-13(8-10)7-5-11(2,3)9-12/h10H,4-9,12H2,1-3H3. The van der Waals surface area contributed by atoms with Crippen LogP contribution in [0.4, 0.5) is 0 Å². The van der Waals surface area contributed by atoms with Crippen molar-refractivity contribution in [3.8, 4) is 0 Å². The molecular formula is C11H24N2. The monoisotopic (exact) mass is 184 g/mol. The molecule has 2 nitrogen and oxygen atoms in total. The van der Waals surface area contributed by atoms with Gasteiger partial charge in [-0.05, 0) is 43.8 Å². The molecule has 78 valence electrons. The van der Waals surface area contributed by atoms with Crippen LogP contribution in [0.1, 0.15) is 33.6 Å². The van der Waals surface area contributed by atoms with Crippen LogP contribution in [0.25, 0.3) is 0 Å². The first-order valence-corrected chi connectivity index (χ1v) is 5.46. The maximum absolute atomic E-state index is 5.70. The number of nitrogens with two attached hydrogens (primary N) is 1. The second kappa shape index (κ2) is 4.43. The molecule has 0 aromatic heterocycles. The van der Waals surface area contributed by atoms with Crippen LogP contribution in [0.2, 0.25) is 0 Å². The number of nitrogens with zero attached hydrogens (tertiary/aromatic N) is 1. The Labute approximate surface area is 82.5 Å². The first-order valence-electron chi connectivity index (χ1n) is 5.46. The largest absolute Gasteiger partial charge is 0.330 e. The predicted octanol–water partition coefficient (Wildman–Crippen LogP) is 1.70. The van der Waals surface area contributed by atoms with Gasteiger partial charge in [-0.15, -0.1) is 0 Å². The van der Waals surface area contributed by atoms with Crippen molar-refractivity contribution in [1.82, 2.24) is 4.90 Å². The van der Waals surface area contributed by atoms with Crippen molar-refractivity contribution in [2.75, 3.05) is 26.2 Å². The van der Waals surface area contributed by atoms with Gasteiger partial charge in [0, 0.05) is 6.54 Å². The fourth-order valence-electron chi connectivity index (χ4n) is 1.79. The van der Waals surface area contributed by atoms with Crippen molar-refractivity contribution in [1.29, 1.82) is 0 Å². The Morgan fingerprint density at radius 2 is 2.15 bits per heavy atom. The Hall–Kier alpha value is -0.0800. The summed E-state index contributed by atoms with van der Waals surface area (Å²) in [4.78, 5) is 2.57. The maximum atomic E-state index is 5.70. The number of likely N-dealkylation sites (tertiary alicyclic amines) is 1. The van der Waals surface area contributed by atoms with Gasteiger partial charge in [-0.25, -0.2) is 0 Å². The topological polar surface area (TPSA) is 29.3 Å². The predicted molar refractivity (Wildman–Crippen MR) is 57.7 cm³/mol.